The van der Waals surface area contributed by atoms with Gasteiger partial charge in [0.05, 0.1) is 13.2 Å². The fraction of sp³-hybridized carbons (Fsp3) is 0.933. The summed E-state index contributed by atoms with van der Waals surface area (Å²) in [6.07, 6.45) is 3.92. The zero-order valence-electron chi connectivity index (χ0n) is 13.8. The van der Waals surface area contributed by atoms with Crippen molar-refractivity contribution < 1.29 is 13.7 Å². The number of amides is 2. The van der Waals surface area contributed by atoms with Gasteiger partial charge in [0.15, 0.2) is 0 Å². The van der Waals surface area contributed by atoms with Crippen LogP contribution < -0.4 is 5.32 Å². The number of piperidine rings is 1. The van der Waals surface area contributed by atoms with Crippen molar-refractivity contribution in [3.05, 3.63) is 0 Å². The summed E-state index contributed by atoms with van der Waals surface area (Å²) < 4.78 is 16.6. The third-order valence-electron chi connectivity index (χ3n) is 4.28. The molecule has 0 aliphatic carbocycles. The van der Waals surface area contributed by atoms with Crippen LogP contribution in [0.4, 0.5) is 4.79 Å². The van der Waals surface area contributed by atoms with Crippen molar-refractivity contribution in [3.63, 3.8) is 0 Å². The first-order chi connectivity index (χ1) is 10.5. The minimum atomic E-state index is -0.881. The number of likely N-dealkylation sites (tertiary alicyclic amines) is 1. The number of nitrogens with one attached hydrogen (secondary N) is 1. The number of rotatable bonds is 5. The molecule has 2 aliphatic heterocycles. The van der Waals surface area contributed by atoms with Crippen LogP contribution >= 0.6 is 0 Å². The van der Waals surface area contributed by atoms with E-state index in [9.17, 15) is 9.00 Å². The molecule has 2 rings (SSSR count). The monoisotopic (exact) mass is 331 g/mol. The van der Waals surface area contributed by atoms with Crippen molar-refractivity contribution >= 4 is 16.8 Å². The topological polar surface area (TPSA) is 61.9 Å². The molecule has 0 aromatic heterocycles. The first kappa shape index (κ1) is 17.7. The highest BCUT2D eigenvalue weighted by Crippen LogP contribution is 2.18. The van der Waals surface area contributed by atoms with Gasteiger partial charge in [0.25, 0.3) is 0 Å². The third-order valence-corrected chi connectivity index (χ3v) is 5.25. The van der Waals surface area contributed by atoms with Gasteiger partial charge in [0.1, 0.15) is 0 Å². The Bertz CT molecular complexity index is 388. The molecule has 22 heavy (non-hydrogen) atoms. The maximum absolute atomic E-state index is 12.3. The van der Waals surface area contributed by atoms with Gasteiger partial charge >= 0.3 is 6.03 Å². The van der Waals surface area contributed by atoms with Gasteiger partial charge < -0.3 is 15.0 Å². The van der Waals surface area contributed by atoms with Crippen LogP contribution in [0.1, 0.15) is 19.8 Å². The molecule has 0 radical (unpaired) electrons. The van der Waals surface area contributed by atoms with E-state index in [4.69, 9.17) is 4.74 Å². The molecule has 2 amide bonds. The minimum Gasteiger partial charge on any atom is -0.379 e. The summed E-state index contributed by atoms with van der Waals surface area (Å²) in [6, 6.07) is -0.0532. The molecule has 2 saturated heterocycles. The van der Waals surface area contributed by atoms with Crippen LogP contribution in [-0.2, 0) is 15.5 Å². The Morgan fingerprint density at radius 2 is 2.09 bits per heavy atom. The Hall–Kier alpha value is -0.660. The predicted molar refractivity (Wildman–Crippen MR) is 88.5 cm³/mol. The van der Waals surface area contributed by atoms with Crippen LogP contribution in [-0.4, -0.2) is 84.0 Å². The van der Waals surface area contributed by atoms with Crippen LogP contribution in [0, 0.1) is 5.92 Å². The third kappa shape index (κ3) is 5.85. The highest BCUT2D eigenvalue weighted by atomic mass is 32.2. The van der Waals surface area contributed by atoms with E-state index in [-0.39, 0.29) is 12.1 Å². The second-order valence-electron chi connectivity index (χ2n) is 6.46. The fourth-order valence-corrected chi connectivity index (χ4v) is 4.03. The normalized spacial score (nSPS) is 26.5. The Balaban J connectivity index is 1.76. The van der Waals surface area contributed by atoms with Gasteiger partial charge in [-0.25, -0.2) is 4.79 Å². The van der Waals surface area contributed by atoms with E-state index in [1.807, 2.05) is 11.8 Å². The van der Waals surface area contributed by atoms with Gasteiger partial charge in [0, 0.05) is 61.6 Å². The van der Waals surface area contributed by atoms with Gasteiger partial charge in [-0.1, -0.05) is 0 Å². The first-order valence-corrected chi connectivity index (χ1v) is 9.93. The average Bonchev–Trinajstić information content (AvgIpc) is 2.47. The molecule has 0 bridgehead atoms. The van der Waals surface area contributed by atoms with E-state index in [0.29, 0.717) is 11.7 Å². The Labute approximate surface area is 136 Å². The summed E-state index contributed by atoms with van der Waals surface area (Å²) in [4.78, 5) is 16.7. The van der Waals surface area contributed by atoms with Crippen LogP contribution in [0.5, 0.6) is 0 Å². The number of hydrogen-bond acceptors (Lipinski definition) is 4. The van der Waals surface area contributed by atoms with Crippen molar-refractivity contribution in [3.8, 4) is 0 Å². The smallest absolute Gasteiger partial charge is 0.317 e. The van der Waals surface area contributed by atoms with Crippen LogP contribution in [0.15, 0.2) is 0 Å². The highest BCUT2D eigenvalue weighted by Gasteiger charge is 2.26. The van der Waals surface area contributed by atoms with Gasteiger partial charge in [-0.15, -0.1) is 0 Å². The largest absolute Gasteiger partial charge is 0.379 e. The summed E-state index contributed by atoms with van der Waals surface area (Å²) in [5, 5.41) is 2.97. The molecule has 2 heterocycles. The van der Waals surface area contributed by atoms with Gasteiger partial charge in [-0.05, 0) is 25.7 Å². The standard InChI is InChI=1S/C15H29N3O3S/c1-13(12-22(2)20)16-15(19)18-5-3-4-14(11-18)10-17-6-8-21-9-7-17/h13-14H,3-12H2,1-2H3,(H,16,19)/t13-,14+,22-/m0/s1. The maximum Gasteiger partial charge on any atom is 0.317 e. The van der Waals surface area contributed by atoms with Gasteiger partial charge in [-0.3, -0.25) is 9.11 Å². The number of ether oxygens (including phenoxy) is 1. The number of carbonyl (C=O) groups excluding carboxylic acids is 1. The Morgan fingerprint density at radius 1 is 1.36 bits per heavy atom. The molecule has 6 nitrogen and oxygen atoms in total. The molecule has 2 fully saturated rings. The zero-order valence-corrected chi connectivity index (χ0v) is 14.6. The van der Waals surface area contributed by atoms with Crippen molar-refractivity contribution in [2.24, 2.45) is 5.92 Å². The number of urea groups is 1. The molecule has 0 unspecified atom stereocenters. The Morgan fingerprint density at radius 3 is 2.77 bits per heavy atom. The summed E-state index contributed by atoms with van der Waals surface area (Å²) in [5.41, 5.74) is 0. The molecule has 0 aromatic rings. The lowest BCUT2D eigenvalue weighted by Gasteiger charge is -2.37. The fourth-order valence-electron chi connectivity index (χ4n) is 3.24. The lowest BCUT2D eigenvalue weighted by molar-refractivity contribution is 0.0248. The molecule has 1 N–H and O–H groups in total. The van der Waals surface area contributed by atoms with Crippen molar-refractivity contribution in [2.75, 3.05) is 57.9 Å². The lowest BCUT2D eigenvalue weighted by Crippen LogP contribution is -2.51. The number of nitrogens with zero attached hydrogens (tertiary/aromatic N) is 2. The number of carbonyl (C=O) groups is 1. The maximum atomic E-state index is 12.3. The van der Waals surface area contributed by atoms with E-state index in [1.165, 1.54) is 6.42 Å². The van der Waals surface area contributed by atoms with E-state index in [1.54, 1.807) is 6.26 Å². The minimum absolute atomic E-state index is 0.00960. The molecule has 0 saturated carbocycles. The molecule has 0 aromatic carbocycles. The number of hydrogen-bond donors (Lipinski definition) is 1. The molecule has 0 spiro atoms. The molecular weight excluding hydrogens is 302 g/mol. The van der Waals surface area contributed by atoms with Crippen molar-refractivity contribution in [1.29, 1.82) is 0 Å². The van der Waals surface area contributed by atoms with Crippen molar-refractivity contribution in [1.82, 2.24) is 15.1 Å². The lowest BCUT2D eigenvalue weighted by atomic mass is 9.97. The quantitative estimate of drug-likeness (QED) is 0.797. The summed E-state index contributed by atoms with van der Waals surface area (Å²) in [7, 11) is -0.881. The molecular formula is C15H29N3O3S. The van der Waals surface area contributed by atoms with Crippen LogP contribution in [0.2, 0.25) is 0 Å². The van der Waals surface area contributed by atoms with E-state index >= 15 is 0 Å². The first-order valence-electron chi connectivity index (χ1n) is 8.20. The predicted octanol–water partition coefficient (Wildman–Crippen LogP) is 0.507. The van der Waals surface area contributed by atoms with E-state index in [0.717, 1.165) is 52.4 Å². The molecule has 3 atom stereocenters. The second kappa shape index (κ2) is 8.84. The second-order valence-corrected chi connectivity index (χ2v) is 7.94. The number of morpholine rings is 1. The summed E-state index contributed by atoms with van der Waals surface area (Å²) in [5.74, 6) is 1.06. The molecule has 7 heteroatoms. The Kier molecular flexibility index (Phi) is 7.11. The zero-order chi connectivity index (χ0) is 15.9. The van der Waals surface area contributed by atoms with Crippen molar-refractivity contribution in [2.45, 2.75) is 25.8 Å². The molecule has 128 valence electrons. The highest BCUT2D eigenvalue weighted by molar-refractivity contribution is 7.84. The van der Waals surface area contributed by atoms with E-state index in [2.05, 4.69) is 10.2 Å². The van der Waals surface area contributed by atoms with Gasteiger partial charge in [0.2, 0.25) is 0 Å². The summed E-state index contributed by atoms with van der Waals surface area (Å²) >= 11 is 0. The van der Waals surface area contributed by atoms with Crippen LogP contribution in [0.25, 0.3) is 0 Å². The van der Waals surface area contributed by atoms with Crippen LogP contribution in [0.3, 0.4) is 0 Å². The summed E-state index contributed by atoms with van der Waals surface area (Å²) in [6.45, 7) is 8.27. The average molecular weight is 331 g/mol. The van der Waals surface area contributed by atoms with E-state index < -0.39 is 10.8 Å². The molecule has 2 aliphatic rings. The SMILES string of the molecule is C[C@@H](C[S@](C)=O)NC(=O)N1CCC[C@H](CN2CCOCC2)C1. The van der Waals surface area contributed by atoms with Gasteiger partial charge in [-0.2, -0.15) is 0 Å².